The molecule has 0 saturated carbocycles. The highest BCUT2D eigenvalue weighted by Crippen LogP contribution is 2.36. The monoisotopic (exact) mass is 312 g/mol. The smallest absolute Gasteiger partial charge is 0.268 e. The molecule has 0 bridgehead atoms. The van der Waals surface area contributed by atoms with Crippen molar-refractivity contribution in [1.82, 2.24) is 0 Å². The van der Waals surface area contributed by atoms with Crippen LogP contribution in [0.3, 0.4) is 0 Å². The Kier molecular flexibility index (Phi) is 4.10. The normalized spacial score (nSPS) is 16.7. The van der Waals surface area contributed by atoms with E-state index in [0.29, 0.717) is 24.4 Å². The molecule has 2 aromatic carbocycles. The zero-order valence-corrected chi connectivity index (χ0v) is 13.3. The van der Waals surface area contributed by atoms with Gasteiger partial charge in [0.1, 0.15) is 11.5 Å². The number of nitrogen functional groups attached to an aromatic ring is 1. The number of nitrogens with two attached hydrogens (primary N) is 1. The van der Waals surface area contributed by atoms with E-state index in [0.717, 1.165) is 17.0 Å². The fourth-order valence-electron chi connectivity index (χ4n) is 2.77. The van der Waals surface area contributed by atoms with E-state index in [9.17, 15) is 4.79 Å². The Balaban J connectivity index is 1.86. The Morgan fingerprint density at radius 3 is 2.61 bits per heavy atom. The molecule has 0 aromatic heterocycles. The van der Waals surface area contributed by atoms with Crippen LogP contribution in [0.25, 0.3) is 0 Å². The fourth-order valence-corrected chi connectivity index (χ4v) is 2.77. The molecule has 5 heteroatoms. The first kappa shape index (κ1) is 15.2. The van der Waals surface area contributed by atoms with Crippen LogP contribution in [0, 0.1) is 0 Å². The molecule has 5 nitrogen and oxygen atoms in total. The summed E-state index contributed by atoms with van der Waals surface area (Å²) in [5.41, 5.74) is 8.21. The third-order valence-electron chi connectivity index (χ3n) is 3.98. The average Bonchev–Trinajstić information content (AvgIpc) is 2.57. The topological polar surface area (TPSA) is 64.8 Å². The molecule has 1 heterocycles. The van der Waals surface area contributed by atoms with Crippen molar-refractivity contribution in [2.75, 3.05) is 24.3 Å². The van der Waals surface area contributed by atoms with Crippen LogP contribution in [0.2, 0.25) is 0 Å². The molecule has 1 unspecified atom stereocenters. The Hall–Kier alpha value is -2.69. The minimum atomic E-state index is -0.528. The van der Waals surface area contributed by atoms with Crippen LogP contribution in [-0.2, 0) is 11.2 Å². The quantitative estimate of drug-likeness (QED) is 0.882. The van der Waals surface area contributed by atoms with Crippen LogP contribution >= 0.6 is 0 Å². The number of amides is 1. The lowest BCUT2D eigenvalue weighted by Gasteiger charge is -2.34. The van der Waals surface area contributed by atoms with Gasteiger partial charge < -0.3 is 20.1 Å². The molecule has 0 radical (unpaired) electrons. The molecule has 23 heavy (non-hydrogen) atoms. The number of fused-ring (bicyclic) bond motifs is 1. The van der Waals surface area contributed by atoms with Crippen LogP contribution in [-0.4, -0.2) is 25.7 Å². The van der Waals surface area contributed by atoms with E-state index in [1.165, 1.54) is 0 Å². The zero-order valence-electron chi connectivity index (χ0n) is 13.3. The van der Waals surface area contributed by atoms with Crippen molar-refractivity contribution in [3.8, 4) is 11.5 Å². The largest absolute Gasteiger partial charge is 0.497 e. The minimum absolute atomic E-state index is 0.0404. The summed E-state index contributed by atoms with van der Waals surface area (Å²) in [7, 11) is 1.63. The van der Waals surface area contributed by atoms with Crippen molar-refractivity contribution in [3.05, 3.63) is 48.0 Å². The number of methoxy groups -OCH3 is 1. The second-order valence-corrected chi connectivity index (χ2v) is 5.47. The molecule has 3 rings (SSSR count). The number of hydrogen-bond donors (Lipinski definition) is 1. The maximum Gasteiger partial charge on any atom is 0.268 e. The van der Waals surface area contributed by atoms with Gasteiger partial charge >= 0.3 is 0 Å². The summed E-state index contributed by atoms with van der Waals surface area (Å²) in [6, 6.07) is 13.0. The van der Waals surface area contributed by atoms with Gasteiger partial charge in [0.15, 0.2) is 6.10 Å². The SMILES string of the molecule is CCN1C(=O)C(Cc2ccc(OC)cc2)Oc2ccc(N)cc21. The third-order valence-corrected chi connectivity index (χ3v) is 3.98. The van der Waals surface area contributed by atoms with Crippen LogP contribution < -0.4 is 20.1 Å². The zero-order chi connectivity index (χ0) is 16.4. The second-order valence-electron chi connectivity index (χ2n) is 5.47. The molecule has 1 amide bonds. The molecule has 0 aliphatic carbocycles. The van der Waals surface area contributed by atoms with Crippen molar-refractivity contribution >= 4 is 17.3 Å². The van der Waals surface area contributed by atoms with Crippen LogP contribution in [0.15, 0.2) is 42.5 Å². The first-order valence-corrected chi connectivity index (χ1v) is 7.63. The first-order chi connectivity index (χ1) is 11.1. The summed E-state index contributed by atoms with van der Waals surface area (Å²) in [5.74, 6) is 1.45. The van der Waals surface area contributed by atoms with Gasteiger partial charge in [-0.15, -0.1) is 0 Å². The average molecular weight is 312 g/mol. The number of anilines is 2. The van der Waals surface area contributed by atoms with E-state index in [1.807, 2.05) is 37.3 Å². The number of carbonyl (C=O) groups excluding carboxylic acids is 1. The van der Waals surface area contributed by atoms with Crippen molar-refractivity contribution in [2.45, 2.75) is 19.4 Å². The fraction of sp³-hybridized carbons (Fsp3) is 0.278. The highest BCUT2D eigenvalue weighted by molar-refractivity contribution is 6.00. The first-order valence-electron chi connectivity index (χ1n) is 7.63. The summed E-state index contributed by atoms with van der Waals surface area (Å²) >= 11 is 0. The summed E-state index contributed by atoms with van der Waals surface area (Å²) < 4.78 is 11.1. The molecule has 2 aromatic rings. The predicted octanol–water partition coefficient (Wildman–Crippen LogP) is 2.63. The molecule has 0 spiro atoms. The van der Waals surface area contributed by atoms with Crippen LogP contribution in [0.5, 0.6) is 11.5 Å². The molecule has 0 fully saturated rings. The van der Waals surface area contributed by atoms with Crippen molar-refractivity contribution in [2.24, 2.45) is 0 Å². The van der Waals surface area contributed by atoms with Crippen LogP contribution in [0.1, 0.15) is 12.5 Å². The summed E-state index contributed by atoms with van der Waals surface area (Å²) in [5, 5.41) is 0. The second kappa shape index (κ2) is 6.20. The Bertz CT molecular complexity index is 713. The summed E-state index contributed by atoms with van der Waals surface area (Å²) in [6.07, 6.45) is -0.0113. The summed E-state index contributed by atoms with van der Waals surface area (Å²) in [4.78, 5) is 14.4. The lowest BCUT2D eigenvalue weighted by Crippen LogP contribution is -2.46. The maximum absolute atomic E-state index is 12.7. The Morgan fingerprint density at radius 2 is 1.96 bits per heavy atom. The van der Waals surface area contributed by atoms with Gasteiger partial charge in [-0.05, 0) is 42.8 Å². The van der Waals surface area contributed by atoms with Crippen LogP contribution in [0.4, 0.5) is 11.4 Å². The molecule has 1 atom stereocenters. The number of benzene rings is 2. The molecule has 120 valence electrons. The van der Waals surface area contributed by atoms with Gasteiger partial charge in [0.2, 0.25) is 0 Å². The highest BCUT2D eigenvalue weighted by atomic mass is 16.5. The van der Waals surface area contributed by atoms with E-state index >= 15 is 0 Å². The number of carbonyl (C=O) groups is 1. The Labute approximate surface area is 135 Å². The van der Waals surface area contributed by atoms with Gasteiger partial charge in [0.25, 0.3) is 5.91 Å². The lowest BCUT2D eigenvalue weighted by atomic mass is 10.0. The van der Waals surface area contributed by atoms with Crippen molar-refractivity contribution in [1.29, 1.82) is 0 Å². The Morgan fingerprint density at radius 1 is 1.22 bits per heavy atom. The van der Waals surface area contributed by atoms with E-state index in [-0.39, 0.29) is 5.91 Å². The molecule has 2 N–H and O–H groups in total. The van der Waals surface area contributed by atoms with Crippen molar-refractivity contribution < 1.29 is 14.3 Å². The molecular weight excluding hydrogens is 292 g/mol. The van der Waals surface area contributed by atoms with E-state index < -0.39 is 6.10 Å². The van der Waals surface area contributed by atoms with Crippen molar-refractivity contribution in [3.63, 3.8) is 0 Å². The number of rotatable bonds is 4. The maximum atomic E-state index is 12.7. The molecule has 0 saturated heterocycles. The van der Waals surface area contributed by atoms with E-state index in [2.05, 4.69) is 0 Å². The van der Waals surface area contributed by atoms with Gasteiger partial charge in [-0.2, -0.15) is 0 Å². The van der Waals surface area contributed by atoms with Gasteiger partial charge in [0, 0.05) is 18.7 Å². The van der Waals surface area contributed by atoms with Gasteiger partial charge in [0.05, 0.1) is 12.8 Å². The van der Waals surface area contributed by atoms with Gasteiger partial charge in [-0.25, -0.2) is 0 Å². The van der Waals surface area contributed by atoms with Gasteiger partial charge in [-0.1, -0.05) is 12.1 Å². The standard InChI is InChI=1S/C18H20N2O3/c1-3-20-15-11-13(19)6-9-16(15)23-17(18(20)21)10-12-4-7-14(22-2)8-5-12/h4-9,11,17H,3,10,19H2,1-2H3. The number of likely N-dealkylation sites (N-methyl/N-ethyl adjacent to an activating group) is 1. The predicted molar refractivity (Wildman–Crippen MR) is 90.0 cm³/mol. The van der Waals surface area contributed by atoms with Gasteiger partial charge in [-0.3, -0.25) is 4.79 Å². The van der Waals surface area contributed by atoms with E-state index in [1.54, 1.807) is 24.1 Å². The number of nitrogens with zero attached hydrogens (tertiary/aromatic N) is 1. The number of ether oxygens (including phenoxy) is 2. The minimum Gasteiger partial charge on any atom is -0.497 e. The molecule has 1 aliphatic rings. The lowest BCUT2D eigenvalue weighted by molar-refractivity contribution is -0.126. The summed E-state index contributed by atoms with van der Waals surface area (Å²) in [6.45, 7) is 2.53. The number of hydrogen-bond acceptors (Lipinski definition) is 4. The van der Waals surface area contributed by atoms with E-state index in [4.69, 9.17) is 15.2 Å². The third kappa shape index (κ3) is 2.95. The molecular formula is C18H20N2O3. The molecule has 1 aliphatic heterocycles. The highest BCUT2D eigenvalue weighted by Gasteiger charge is 2.33.